The molecule has 2 rings (SSSR count). The molecule has 1 N–H and O–H groups in total. The molecule has 1 aliphatic heterocycles. The lowest BCUT2D eigenvalue weighted by Crippen LogP contribution is -2.69. The van der Waals surface area contributed by atoms with Crippen LogP contribution >= 0.6 is 0 Å². The summed E-state index contributed by atoms with van der Waals surface area (Å²) in [6, 6.07) is 2.00. The molecule has 0 aliphatic carbocycles. The topological polar surface area (TPSA) is 49.4 Å². The van der Waals surface area contributed by atoms with Crippen molar-refractivity contribution in [3.8, 4) is 0 Å². The van der Waals surface area contributed by atoms with Gasteiger partial charge in [-0.1, -0.05) is 13.8 Å². The minimum Gasteiger partial charge on any atom is -0.340 e. The van der Waals surface area contributed by atoms with Gasteiger partial charge in [0, 0.05) is 6.07 Å². The molecule has 21 heavy (non-hydrogen) atoms. The standard InChI is InChI=1S/C15H18F2N2O2/c1-8(2)12-13(20)18-15(3,4)14(21)19(12)11-7-9(16)5-6-10(11)17/h5-8,12H,1-4H3,(H,18,20). The van der Waals surface area contributed by atoms with Crippen LogP contribution in [0, 0.1) is 17.6 Å². The Morgan fingerprint density at radius 3 is 2.43 bits per heavy atom. The number of carbonyl (C=O) groups is 2. The summed E-state index contributed by atoms with van der Waals surface area (Å²) in [5, 5.41) is 2.62. The first-order valence-corrected chi connectivity index (χ1v) is 6.76. The zero-order valence-corrected chi connectivity index (χ0v) is 12.4. The van der Waals surface area contributed by atoms with E-state index in [2.05, 4.69) is 5.32 Å². The van der Waals surface area contributed by atoms with Crippen LogP contribution in [0.2, 0.25) is 0 Å². The van der Waals surface area contributed by atoms with Crippen LogP contribution in [0.3, 0.4) is 0 Å². The maximum atomic E-state index is 14.1. The number of piperazine rings is 1. The largest absolute Gasteiger partial charge is 0.340 e. The van der Waals surface area contributed by atoms with Crippen LogP contribution in [0.1, 0.15) is 27.7 Å². The Morgan fingerprint density at radius 1 is 1.24 bits per heavy atom. The molecule has 0 aromatic heterocycles. The summed E-state index contributed by atoms with van der Waals surface area (Å²) >= 11 is 0. The Labute approximate surface area is 122 Å². The molecule has 0 saturated carbocycles. The van der Waals surface area contributed by atoms with Crippen LogP contribution in [0.5, 0.6) is 0 Å². The molecule has 1 aliphatic rings. The second kappa shape index (κ2) is 5.09. The summed E-state index contributed by atoms with van der Waals surface area (Å²) in [5.41, 5.74) is -1.37. The van der Waals surface area contributed by atoms with E-state index in [1.54, 1.807) is 13.8 Å². The zero-order valence-electron chi connectivity index (χ0n) is 12.4. The lowest BCUT2D eigenvalue weighted by Gasteiger charge is -2.44. The highest BCUT2D eigenvalue weighted by Crippen LogP contribution is 2.31. The Morgan fingerprint density at radius 2 is 1.86 bits per heavy atom. The van der Waals surface area contributed by atoms with E-state index in [4.69, 9.17) is 0 Å². The van der Waals surface area contributed by atoms with Gasteiger partial charge in [0.1, 0.15) is 23.2 Å². The van der Waals surface area contributed by atoms with Crippen LogP contribution < -0.4 is 10.2 Å². The van der Waals surface area contributed by atoms with E-state index in [0.29, 0.717) is 0 Å². The summed E-state index contributed by atoms with van der Waals surface area (Å²) in [6.45, 7) is 6.57. The van der Waals surface area contributed by atoms with Crippen molar-refractivity contribution in [1.29, 1.82) is 0 Å². The smallest absolute Gasteiger partial charge is 0.253 e. The fourth-order valence-electron chi connectivity index (χ4n) is 2.51. The first-order chi connectivity index (χ1) is 9.65. The fourth-order valence-corrected chi connectivity index (χ4v) is 2.51. The quantitative estimate of drug-likeness (QED) is 0.910. The molecule has 1 unspecified atom stereocenters. The number of halogens is 2. The molecule has 4 nitrogen and oxygen atoms in total. The molecule has 0 spiro atoms. The predicted molar refractivity (Wildman–Crippen MR) is 74.7 cm³/mol. The van der Waals surface area contributed by atoms with Crippen molar-refractivity contribution in [2.45, 2.75) is 39.3 Å². The number of amides is 2. The van der Waals surface area contributed by atoms with Gasteiger partial charge in [0.05, 0.1) is 5.69 Å². The SMILES string of the molecule is CC(C)C1C(=O)NC(C)(C)C(=O)N1c1cc(F)ccc1F. The highest BCUT2D eigenvalue weighted by Gasteiger charge is 2.47. The Hall–Kier alpha value is -1.98. The molecule has 1 fully saturated rings. The molecule has 0 bridgehead atoms. The first kappa shape index (κ1) is 15.4. The van der Waals surface area contributed by atoms with Gasteiger partial charge in [-0.2, -0.15) is 0 Å². The predicted octanol–water partition coefficient (Wildman–Crippen LogP) is 2.23. The van der Waals surface area contributed by atoms with Gasteiger partial charge < -0.3 is 5.32 Å². The summed E-state index contributed by atoms with van der Waals surface area (Å²) in [7, 11) is 0. The van der Waals surface area contributed by atoms with Gasteiger partial charge in [0.2, 0.25) is 5.91 Å². The van der Waals surface area contributed by atoms with Crippen LogP contribution in [-0.4, -0.2) is 23.4 Å². The zero-order chi connectivity index (χ0) is 15.9. The highest BCUT2D eigenvalue weighted by atomic mass is 19.1. The second-order valence-electron chi connectivity index (χ2n) is 6.07. The Kier molecular flexibility index (Phi) is 3.74. The number of carbonyl (C=O) groups excluding carboxylic acids is 2. The Bertz CT molecular complexity index is 599. The summed E-state index contributed by atoms with van der Waals surface area (Å²) in [6.07, 6.45) is 0. The third-order valence-electron chi connectivity index (χ3n) is 3.54. The van der Waals surface area contributed by atoms with Crippen molar-refractivity contribution in [2.24, 2.45) is 5.92 Å². The molecular formula is C15H18F2N2O2. The van der Waals surface area contributed by atoms with Crippen LogP contribution in [-0.2, 0) is 9.59 Å². The number of hydrogen-bond acceptors (Lipinski definition) is 2. The Balaban J connectivity index is 2.61. The van der Waals surface area contributed by atoms with Crippen molar-refractivity contribution in [3.05, 3.63) is 29.8 Å². The molecule has 6 heteroatoms. The number of rotatable bonds is 2. The van der Waals surface area contributed by atoms with Crippen molar-refractivity contribution in [1.82, 2.24) is 5.32 Å². The van der Waals surface area contributed by atoms with Gasteiger partial charge >= 0.3 is 0 Å². The first-order valence-electron chi connectivity index (χ1n) is 6.76. The number of nitrogens with one attached hydrogen (secondary N) is 1. The van der Waals surface area contributed by atoms with Crippen molar-refractivity contribution in [2.75, 3.05) is 4.90 Å². The summed E-state index contributed by atoms with van der Waals surface area (Å²) in [4.78, 5) is 25.9. The molecule has 114 valence electrons. The van der Waals surface area contributed by atoms with Crippen molar-refractivity contribution in [3.63, 3.8) is 0 Å². The number of hydrogen-bond donors (Lipinski definition) is 1. The van der Waals surface area contributed by atoms with E-state index < -0.39 is 29.1 Å². The average molecular weight is 296 g/mol. The molecular weight excluding hydrogens is 278 g/mol. The van der Waals surface area contributed by atoms with Gasteiger partial charge in [0.25, 0.3) is 5.91 Å². The molecule has 2 amide bonds. The van der Waals surface area contributed by atoms with E-state index >= 15 is 0 Å². The third-order valence-corrected chi connectivity index (χ3v) is 3.54. The number of benzene rings is 1. The van der Waals surface area contributed by atoms with Gasteiger partial charge in [-0.25, -0.2) is 8.78 Å². The van der Waals surface area contributed by atoms with Crippen LogP contribution in [0.15, 0.2) is 18.2 Å². The maximum absolute atomic E-state index is 14.1. The highest BCUT2D eigenvalue weighted by molar-refractivity contribution is 6.10. The third kappa shape index (κ3) is 2.62. The molecule has 1 saturated heterocycles. The normalized spacial score (nSPS) is 21.7. The van der Waals surface area contributed by atoms with E-state index in [1.807, 2.05) is 0 Å². The second-order valence-corrected chi connectivity index (χ2v) is 6.07. The summed E-state index contributed by atoms with van der Waals surface area (Å²) < 4.78 is 27.5. The van der Waals surface area contributed by atoms with Crippen molar-refractivity contribution < 1.29 is 18.4 Å². The van der Waals surface area contributed by atoms with E-state index in [-0.39, 0.29) is 17.5 Å². The number of anilines is 1. The van der Waals surface area contributed by atoms with Gasteiger partial charge in [-0.15, -0.1) is 0 Å². The van der Waals surface area contributed by atoms with E-state index in [1.165, 1.54) is 13.8 Å². The summed E-state index contributed by atoms with van der Waals surface area (Å²) in [5.74, 6) is -2.48. The van der Waals surface area contributed by atoms with Gasteiger partial charge in [-0.05, 0) is 31.9 Å². The van der Waals surface area contributed by atoms with Crippen LogP contribution in [0.4, 0.5) is 14.5 Å². The van der Waals surface area contributed by atoms with Crippen LogP contribution in [0.25, 0.3) is 0 Å². The molecule has 1 atom stereocenters. The number of nitrogens with zero attached hydrogens (tertiary/aromatic N) is 1. The molecule has 1 aromatic rings. The molecule has 1 aromatic carbocycles. The fraction of sp³-hybridized carbons (Fsp3) is 0.467. The lowest BCUT2D eigenvalue weighted by molar-refractivity contribution is -0.138. The minimum absolute atomic E-state index is 0.207. The average Bonchev–Trinajstić information content (AvgIpc) is 2.35. The lowest BCUT2D eigenvalue weighted by atomic mass is 9.91. The maximum Gasteiger partial charge on any atom is 0.253 e. The van der Waals surface area contributed by atoms with Crippen molar-refractivity contribution >= 4 is 17.5 Å². The molecule has 1 heterocycles. The monoisotopic (exact) mass is 296 g/mol. The van der Waals surface area contributed by atoms with E-state index in [0.717, 1.165) is 23.1 Å². The minimum atomic E-state index is -1.17. The van der Waals surface area contributed by atoms with Gasteiger partial charge in [0.15, 0.2) is 0 Å². The van der Waals surface area contributed by atoms with Gasteiger partial charge in [-0.3, -0.25) is 14.5 Å². The molecule has 0 radical (unpaired) electrons. The van der Waals surface area contributed by atoms with E-state index in [9.17, 15) is 18.4 Å².